The van der Waals surface area contributed by atoms with Crippen molar-refractivity contribution in [3.8, 4) is 22.0 Å². The smallest absolute Gasteiger partial charge is 0.166 e. The van der Waals surface area contributed by atoms with Crippen molar-refractivity contribution in [1.82, 2.24) is 24.5 Å². The molecule has 8 heteroatoms. The number of thiophene rings is 1. The lowest BCUT2D eigenvalue weighted by Crippen LogP contribution is -2.03. The molecule has 0 atom stereocenters. The average Bonchev–Trinajstić information content (AvgIpc) is 3.32. The highest BCUT2D eigenvalue weighted by molar-refractivity contribution is 7.13. The van der Waals surface area contributed by atoms with E-state index in [4.69, 9.17) is 10.7 Å². The Morgan fingerprint density at radius 3 is 2.71 bits per heavy atom. The van der Waals surface area contributed by atoms with Gasteiger partial charge in [0.1, 0.15) is 29.1 Å². The summed E-state index contributed by atoms with van der Waals surface area (Å²) in [5, 5.41) is 13.0. The molecule has 0 aliphatic carbocycles. The zero-order valence-electron chi connectivity index (χ0n) is 15.2. The summed E-state index contributed by atoms with van der Waals surface area (Å²) in [6.45, 7) is 3.86. The van der Waals surface area contributed by atoms with Gasteiger partial charge in [0.2, 0.25) is 0 Å². The van der Waals surface area contributed by atoms with Gasteiger partial charge in [-0.2, -0.15) is 0 Å². The van der Waals surface area contributed by atoms with E-state index in [0.717, 1.165) is 27.4 Å². The van der Waals surface area contributed by atoms with Gasteiger partial charge in [0, 0.05) is 5.56 Å². The first-order chi connectivity index (χ1) is 13.6. The lowest BCUT2D eigenvalue weighted by molar-refractivity contribution is 0.470. The first-order valence-corrected chi connectivity index (χ1v) is 9.55. The van der Waals surface area contributed by atoms with Crippen molar-refractivity contribution in [2.45, 2.75) is 13.8 Å². The average molecular weight is 388 g/mol. The highest BCUT2D eigenvalue weighted by Crippen LogP contribution is 2.36. The molecule has 4 aromatic heterocycles. The molecule has 5 rings (SSSR count). The normalized spacial score (nSPS) is 11.5. The summed E-state index contributed by atoms with van der Waals surface area (Å²) in [6.07, 6.45) is 3.17. The molecule has 0 amide bonds. The molecule has 0 bridgehead atoms. The number of anilines is 1. The van der Waals surface area contributed by atoms with Crippen LogP contribution in [0, 0.1) is 13.8 Å². The molecule has 0 unspecified atom stereocenters. The first-order valence-electron chi connectivity index (χ1n) is 8.67. The Kier molecular flexibility index (Phi) is 3.56. The fraction of sp³-hybridized carbons (Fsp3) is 0.100. The Hall–Kier alpha value is -3.52. The molecule has 0 saturated carbocycles. The summed E-state index contributed by atoms with van der Waals surface area (Å²) in [6, 6.07) is 7.55. The van der Waals surface area contributed by atoms with Crippen LogP contribution >= 0.6 is 11.3 Å². The van der Waals surface area contributed by atoms with Crippen LogP contribution in [0.3, 0.4) is 0 Å². The number of rotatable bonds is 2. The summed E-state index contributed by atoms with van der Waals surface area (Å²) < 4.78 is 1.91. The van der Waals surface area contributed by atoms with Gasteiger partial charge in [-0.25, -0.2) is 19.9 Å². The second-order valence-electron chi connectivity index (χ2n) is 6.57. The van der Waals surface area contributed by atoms with Gasteiger partial charge in [0.25, 0.3) is 0 Å². The molecule has 1 aromatic carbocycles. The van der Waals surface area contributed by atoms with E-state index in [0.29, 0.717) is 28.0 Å². The first kappa shape index (κ1) is 16.6. The van der Waals surface area contributed by atoms with E-state index in [1.54, 1.807) is 23.6 Å². The number of aromatic hydroxyl groups is 1. The van der Waals surface area contributed by atoms with E-state index in [9.17, 15) is 5.11 Å². The van der Waals surface area contributed by atoms with E-state index in [1.807, 2.05) is 42.0 Å². The minimum Gasteiger partial charge on any atom is -0.508 e. The number of phenolic OH excluding ortho intramolecular Hbond substituents is 1. The van der Waals surface area contributed by atoms with Gasteiger partial charge >= 0.3 is 0 Å². The number of phenols is 1. The molecule has 4 heterocycles. The maximum Gasteiger partial charge on any atom is 0.166 e. The maximum atomic E-state index is 10.3. The van der Waals surface area contributed by atoms with Gasteiger partial charge in [-0.3, -0.25) is 4.57 Å². The van der Waals surface area contributed by atoms with Crippen LogP contribution < -0.4 is 5.73 Å². The fourth-order valence-corrected chi connectivity index (χ4v) is 4.20. The van der Waals surface area contributed by atoms with Crippen LogP contribution in [0.25, 0.3) is 38.5 Å². The summed E-state index contributed by atoms with van der Waals surface area (Å²) in [5.41, 5.74) is 11.4. The van der Waals surface area contributed by atoms with Gasteiger partial charge in [-0.05, 0) is 36.9 Å². The Morgan fingerprint density at radius 2 is 1.93 bits per heavy atom. The van der Waals surface area contributed by atoms with Crippen molar-refractivity contribution in [2.24, 2.45) is 0 Å². The number of hydrogen-bond acceptors (Lipinski definition) is 7. The van der Waals surface area contributed by atoms with Gasteiger partial charge in [0.15, 0.2) is 11.3 Å². The van der Waals surface area contributed by atoms with Crippen molar-refractivity contribution in [3.05, 3.63) is 53.3 Å². The summed E-state index contributed by atoms with van der Waals surface area (Å²) in [5.74, 6) is 0.558. The van der Waals surface area contributed by atoms with Crippen LogP contribution in [0.4, 0.5) is 5.82 Å². The Morgan fingerprint density at radius 1 is 1.07 bits per heavy atom. The van der Waals surface area contributed by atoms with Crippen molar-refractivity contribution < 1.29 is 5.11 Å². The Balaban J connectivity index is 1.98. The Bertz CT molecular complexity index is 1360. The second-order valence-corrected chi connectivity index (χ2v) is 7.52. The number of aryl methyl sites for hydroxylation is 1. The zero-order valence-corrected chi connectivity index (χ0v) is 16.0. The molecule has 0 saturated heterocycles. The van der Waals surface area contributed by atoms with Gasteiger partial charge in [0.05, 0.1) is 22.1 Å². The van der Waals surface area contributed by atoms with Crippen LogP contribution in [0.2, 0.25) is 0 Å². The molecule has 0 aliphatic heterocycles. The summed E-state index contributed by atoms with van der Waals surface area (Å²) in [4.78, 5) is 19.2. The molecular weight excluding hydrogens is 372 g/mol. The number of benzene rings is 1. The van der Waals surface area contributed by atoms with E-state index >= 15 is 0 Å². The predicted molar refractivity (Wildman–Crippen MR) is 111 cm³/mol. The zero-order chi connectivity index (χ0) is 19.4. The van der Waals surface area contributed by atoms with Crippen molar-refractivity contribution in [3.63, 3.8) is 0 Å². The summed E-state index contributed by atoms with van der Waals surface area (Å²) in [7, 11) is 0. The lowest BCUT2D eigenvalue weighted by Gasteiger charge is -2.14. The second kappa shape index (κ2) is 6.00. The largest absolute Gasteiger partial charge is 0.508 e. The van der Waals surface area contributed by atoms with E-state index in [2.05, 4.69) is 15.0 Å². The van der Waals surface area contributed by atoms with E-state index in [-0.39, 0.29) is 5.75 Å². The van der Waals surface area contributed by atoms with Crippen LogP contribution in [0.5, 0.6) is 5.75 Å². The van der Waals surface area contributed by atoms with Gasteiger partial charge in [-0.15, -0.1) is 11.3 Å². The minimum atomic E-state index is 0.208. The van der Waals surface area contributed by atoms with Crippen molar-refractivity contribution in [1.29, 1.82) is 0 Å². The van der Waals surface area contributed by atoms with E-state index < -0.39 is 0 Å². The molecule has 138 valence electrons. The number of nitrogens with zero attached hydrogens (tertiary/aromatic N) is 5. The molecule has 0 fully saturated rings. The minimum absolute atomic E-state index is 0.208. The number of nitrogens with two attached hydrogens (primary N) is 1. The molecule has 5 aromatic rings. The molecule has 3 N–H and O–H groups in total. The third-order valence-corrected chi connectivity index (χ3v) is 5.76. The van der Waals surface area contributed by atoms with Crippen LogP contribution in [0.1, 0.15) is 11.1 Å². The molecule has 0 aliphatic rings. The van der Waals surface area contributed by atoms with Crippen molar-refractivity contribution >= 4 is 39.4 Å². The maximum absolute atomic E-state index is 10.3. The Labute approximate surface area is 164 Å². The SMILES string of the molecule is Cc1ccc(O)c(C)c1-n1c2nc(-c3cccs3)cnc2c2c(N)ncnc21. The molecule has 28 heavy (non-hydrogen) atoms. The number of fused-ring (bicyclic) bond motifs is 3. The fourth-order valence-electron chi connectivity index (χ4n) is 3.52. The van der Waals surface area contributed by atoms with Gasteiger partial charge in [-0.1, -0.05) is 12.1 Å². The lowest BCUT2D eigenvalue weighted by atomic mass is 10.1. The van der Waals surface area contributed by atoms with Crippen LogP contribution in [0.15, 0.2) is 42.2 Å². The topological polar surface area (TPSA) is 103 Å². The third-order valence-electron chi connectivity index (χ3n) is 4.87. The number of hydrogen-bond donors (Lipinski definition) is 2. The standard InChI is InChI=1S/C20H16N6OS/c1-10-5-6-13(27)11(2)17(10)26-19-15(18(21)23-9-24-19)16-20(26)25-12(8-22-16)14-4-3-7-28-14/h3-9,27H,1-2H3,(H2,21,23,24). The van der Waals surface area contributed by atoms with Crippen molar-refractivity contribution in [2.75, 3.05) is 5.73 Å². The highest BCUT2D eigenvalue weighted by Gasteiger charge is 2.22. The molecule has 7 nitrogen and oxygen atoms in total. The van der Waals surface area contributed by atoms with Crippen LogP contribution in [-0.4, -0.2) is 29.6 Å². The predicted octanol–water partition coefficient (Wildman–Crippen LogP) is 4.00. The molecular formula is C20H16N6OS. The number of nitrogen functional groups attached to an aromatic ring is 1. The monoisotopic (exact) mass is 388 g/mol. The summed E-state index contributed by atoms with van der Waals surface area (Å²) >= 11 is 1.60. The molecule has 0 radical (unpaired) electrons. The van der Waals surface area contributed by atoms with E-state index in [1.165, 1.54) is 6.33 Å². The van der Waals surface area contributed by atoms with Gasteiger partial charge < -0.3 is 10.8 Å². The highest BCUT2D eigenvalue weighted by atomic mass is 32.1. The molecule has 0 spiro atoms. The number of aromatic nitrogens is 5. The third kappa shape index (κ3) is 2.28. The van der Waals surface area contributed by atoms with Crippen LogP contribution in [-0.2, 0) is 0 Å². The quantitative estimate of drug-likeness (QED) is 0.474.